The van der Waals surface area contributed by atoms with Crippen molar-refractivity contribution < 1.29 is 22.7 Å². The highest BCUT2D eigenvalue weighted by Gasteiger charge is 2.35. The smallest absolute Gasteiger partial charge is 0.246 e. The molecule has 1 aromatic rings. The van der Waals surface area contributed by atoms with E-state index in [2.05, 4.69) is 5.32 Å². The van der Waals surface area contributed by atoms with Crippen LogP contribution >= 0.6 is 0 Å². The first-order chi connectivity index (χ1) is 13.2. The molecule has 28 heavy (non-hydrogen) atoms. The second kappa shape index (κ2) is 9.71. The highest BCUT2D eigenvalue weighted by atomic mass is 32.2. The normalized spacial score (nSPS) is 19.4. The number of ether oxygens (including phenoxy) is 2. The average molecular weight is 413 g/mol. The Bertz CT molecular complexity index is 779. The van der Waals surface area contributed by atoms with Crippen LogP contribution in [-0.4, -0.2) is 58.6 Å². The van der Waals surface area contributed by atoms with Gasteiger partial charge in [0, 0.05) is 26.2 Å². The molecule has 1 N–H and O–H groups in total. The van der Waals surface area contributed by atoms with E-state index in [0.29, 0.717) is 31.7 Å². The zero-order valence-corrected chi connectivity index (χ0v) is 18.2. The summed E-state index contributed by atoms with van der Waals surface area (Å²) in [5.74, 6) is 0.0150. The largest absolute Gasteiger partial charge is 0.495 e. The molecule has 2 rings (SSSR count). The Hall–Kier alpha value is -1.64. The molecule has 0 aromatic heterocycles. The van der Waals surface area contributed by atoms with Crippen LogP contribution in [0.15, 0.2) is 23.1 Å². The molecule has 0 radical (unpaired) electrons. The van der Waals surface area contributed by atoms with E-state index in [4.69, 9.17) is 9.47 Å². The Kier molecular flexibility index (Phi) is 7.86. The summed E-state index contributed by atoms with van der Waals surface area (Å²) in [5, 5.41) is 2.90. The van der Waals surface area contributed by atoms with Crippen molar-refractivity contribution in [2.75, 3.05) is 33.9 Å². The van der Waals surface area contributed by atoms with E-state index < -0.39 is 10.0 Å². The fourth-order valence-corrected chi connectivity index (χ4v) is 5.13. The highest BCUT2D eigenvalue weighted by Crippen LogP contribution is 2.32. The number of piperidine rings is 1. The van der Waals surface area contributed by atoms with Gasteiger partial charge in [0.15, 0.2) is 0 Å². The number of nitrogens with one attached hydrogen (secondary N) is 1. The van der Waals surface area contributed by atoms with Crippen molar-refractivity contribution in [2.45, 2.75) is 50.5 Å². The van der Waals surface area contributed by atoms with Gasteiger partial charge in [-0.2, -0.15) is 4.31 Å². The lowest BCUT2D eigenvalue weighted by molar-refractivity contribution is -0.127. The minimum Gasteiger partial charge on any atom is -0.495 e. The summed E-state index contributed by atoms with van der Waals surface area (Å²) in [6, 6.07) is 5.14. The SMILES string of the molecule is COC[C@H](C)NC(=O)[C@@H]1CCCN(S(=O)(=O)c2cc(C(C)C)ccc2OC)C1. The fraction of sp³-hybridized carbons (Fsp3) is 0.650. The third kappa shape index (κ3) is 5.24. The number of hydrogen-bond acceptors (Lipinski definition) is 5. The van der Waals surface area contributed by atoms with Gasteiger partial charge in [-0.1, -0.05) is 19.9 Å². The molecule has 1 aliphatic heterocycles. The van der Waals surface area contributed by atoms with Gasteiger partial charge in [-0.05, 0) is 43.4 Å². The molecule has 7 nitrogen and oxygen atoms in total. The fourth-order valence-electron chi connectivity index (χ4n) is 3.42. The first kappa shape index (κ1) is 22.6. The summed E-state index contributed by atoms with van der Waals surface area (Å²) < 4.78 is 38.4. The molecular weight excluding hydrogens is 380 g/mol. The maximum atomic E-state index is 13.3. The summed E-state index contributed by atoms with van der Waals surface area (Å²) in [7, 11) is -0.717. The van der Waals surface area contributed by atoms with Crippen molar-refractivity contribution in [1.82, 2.24) is 9.62 Å². The minimum atomic E-state index is -3.76. The van der Waals surface area contributed by atoms with Crippen LogP contribution in [0, 0.1) is 5.92 Å². The van der Waals surface area contributed by atoms with Crippen molar-refractivity contribution in [2.24, 2.45) is 5.92 Å². The summed E-state index contributed by atoms with van der Waals surface area (Å²) in [4.78, 5) is 12.7. The number of carbonyl (C=O) groups is 1. The third-order valence-corrected chi connectivity index (χ3v) is 6.92. The number of sulfonamides is 1. The van der Waals surface area contributed by atoms with Gasteiger partial charge in [0.05, 0.1) is 19.6 Å². The van der Waals surface area contributed by atoms with Gasteiger partial charge in [-0.3, -0.25) is 4.79 Å². The molecule has 0 bridgehead atoms. The van der Waals surface area contributed by atoms with Crippen LogP contribution in [0.25, 0.3) is 0 Å². The second-order valence-corrected chi connectivity index (χ2v) is 9.54. The van der Waals surface area contributed by atoms with Crippen LogP contribution in [0.4, 0.5) is 0 Å². The summed E-state index contributed by atoms with van der Waals surface area (Å²) in [6.45, 7) is 6.87. The third-order valence-electron chi connectivity index (χ3n) is 5.03. The van der Waals surface area contributed by atoms with Crippen LogP contribution in [0.2, 0.25) is 0 Å². The van der Waals surface area contributed by atoms with Crippen LogP contribution in [0.1, 0.15) is 45.1 Å². The number of methoxy groups -OCH3 is 2. The van der Waals surface area contributed by atoms with Crippen molar-refractivity contribution in [3.8, 4) is 5.75 Å². The quantitative estimate of drug-likeness (QED) is 0.709. The van der Waals surface area contributed by atoms with E-state index in [1.54, 1.807) is 19.2 Å². The molecule has 0 spiro atoms. The van der Waals surface area contributed by atoms with Crippen molar-refractivity contribution in [3.63, 3.8) is 0 Å². The second-order valence-electron chi connectivity index (χ2n) is 7.63. The van der Waals surface area contributed by atoms with Crippen molar-refractivity contribution in [1.29, 1.82) is 0 Å². The number of benzene rings is 1. The molecule has 2 atom stereocenters. The zero-order chi connectivity index (χ0) is 20.9. The van der Waals surface area contributed by atoms with E-state index in [1.807, 2.05) is 26.8 Å². The molecule has 0 saturated carbocycles. The molecule has 1 aliphatic rings. The predicted octanol–water partition coefficient (Wildman–Crippen LogP) is 2.37. The molecule has 1 amide bonds. The number of nitrogens with zero attached hydrogens (tertiary/aromatic N) is 1. The van der Waals surface area contributed by atoms with E-state index in [0.717, 1.165) is 5.56 Å². The van der Waals surface area contributed by atoms with Crippen LogP contribution in [-0.2, 0) is 19.6 Å². The van der Waals surface area contributed by atoms with E-state index in [-0.39, 0.29) is 35.2 Å². The van der Waals surface area contributed by atoms with Crippen molar-refractivity contribution in [3.05, 3.63) is 23.8 Å². The first-order valence-corrected chi connectivity index (χ1v) is 11.1. The number of amides is 1. The summed E-state index contributed by atoms with van der Waals surface area (Å²) in [6.07, 6.45) is 1.31. The molecular formula is C20H32N2O5S. The van der Waals surface area contributed by atoms with E-state index >= 15 is 0 Å². The zero-order valence-electron chi connectivity index (χ0n) is 17.4. The molecule has 1 fully saturated rings. The number of carbonyl (C=O) groups excluding carboxylic acids is 1. The predicted molar refractivity (Wildman–Crippen MR) is 108 cm³/mol. The summed E-state index contributed by atoms with van der Waals surface area (Å²) in [5.41, 5.74) is 0.930. The van der Waals surface area contributed by atoms with Gasteiger partial charge in [-0.25, -0.2) is 8.42 Å². The molecule has 1 aromatic carbocycles. The maximum absolute atomic E-state index is 13.3. The van der Waals surface area contributed by atoms with E-state index in [1.165, 1.54) is 11.4 Å². The van der Waals surface area contributed by atoms with Crippen LogP contribution in [0.5, 0.6) is 5.75 Å². The molecule has 0 unspecified atom stereocenters. The molecule has 1 saturated heterocycles. The number of rotatable bonds is 8. The first-order valence-electron chi connectivity index (χ1n) is 9.68. The Labute approximate surface area is 168 Å². The van der Waals surface area contributed by atoms with E-state index in [9.17, 15) is 13.2 Å². The average Bonchev–Trinajstić information content (AvgIpc) is 2.67. The Morgan fingerprint density at radius 1 is 1.29 bits per heavy atom. The van der Waals surface area contributed by atoms with Crippen LogP contribution < -0.4 is 10.1 Å². The lowest BCUT2D eigenvalue weighted by Gasteiger charge is -2.32. The van der Waals surface area contributed by atoms with Gasteiger partial charge in [0.1, 0.15) is 10.6 Å². The van der Waals surface area contributed by atoms with Crippen LogP contribution in [0.3, 0.4) is 0 Å². The topological polar surface area (TPSA) is 84.9 Å². The summed E-state index contributed by atoms with van der Waals surface area (Å²) >= 11 is 0. The van der Waals surface area contributed by atoms with Gasteiger partial charge < -0.3 is 14.8 Å². The van der Waals surface area contributed by atoms with Gasteiger partial charge in [-0.15, -0.1) is 0 Å². The molecule has 8 heteroatoms. The Morgan fingerprint density at radius 2 is 2.00 bits per heavy atom. The standard InChI is InChI=1S/C20H32N2O5S/c1-14(2)16-8-9-18(27-5)19(11-16)28(24,25)22-10-6-7-17(12-22)20(23)21-15(3)13-26-4/h8-9,11,14-15,17H,6-7,10,12-13H2,1-5H3,(H,21,23)/t15-,17+/m0/s1. The molecule has 158 valence electrons. The lowest BCUT2D eigenvalue weighted by Crippen LogP contribution is -2.47. The van der Waals surface area contributed by atoms with Crippen molar-refractivity contribution >= 4 is 15.9 Å². The highest BCUT2D eigenvalue weighted by molar-refractivity contribution is 7.89. The molecule has 1 heterocycles. The van der Waals surface area contributed by atoms with Gasteiger partial charge in [0.2, 0.25) is 15.9 Å². The maximum Gasteiger partial charge on any atom is 0.246 e. The Morgan fingerprint density at radius 3 is 2.61 bits per heavy atom. The monoisotopic (exact) mass is 412 g/mol. The number of hydrogen-bond donors (Lipinski definition) is 1. The molecule has 0 aliphatic carbocycles. The Balaban J connectivity index is 2.24. The van der Waals surface area contributed by atoms with Gasteiger partial charge in [0.25, 0.3) is 0 Å². The minimum absolute atomic E-state index is 0.118. The van der Waals surface area contributed by atoms with Gasteiger partial charge >= 0.3 is 0 Å². The lowest BCUT2D eigenvalue weighted by atomic mass is 9.98.